The monoisotopic (exact) mass is 256 g/mol. The first-order valence-corrected chi connectivity index (χ1v) is 6.13. The molecule has 2 N–H and O–H groups in total. The van der Waals surface area contributed by atoms with Gasteiger partial charge in [-0.25, -0.2) is 9.97 Å². The first kappa shape index (κ1) is 11.7. The third-order valence-corrected chi connectivity index (χ3v) is 3.51. The fraction of sp³-hybridized carbons (Fsp3) is 0.308. The second kappa shape index (κ2) is 4.08. The molecule has 3 heterocycles. The van der Waals surface area contributed by atoms with Crippen LogP contribution in [0.3, 0.4) is 0 Å². The molecule has 0 amide bonds. The Morgan fingerprint density at radius 2 is 2.11 bits per heavy atom. The van der Waals surface area contributed by atoms with Crippen molar-refractivity contribution < 1.29 is 0 Å². The molecule has 98 valence electrons. The average Bonchev–Trinajstić information content (AvgIpc) is 2.82. The van der Waals surface area contributed by atoms with E-state index in [-0.39, 0.29) is 0 Å². The van der Waals surface area contributed by atoms with Crippen LogP contribution in [0.1, 0.15) is 17.0 Å². The molecule has 0 radical (unpaired) electrons. The van der Waals surface area contributed by atoms with Gasteiger partial charge >= 0.3 is 0 Å². The molecule has 6 heteroatoms. The Balaban J connectivity index is 2.13. The van der Waals surface area contributed by atoms with E-state index in [0.29, 0.717) is 12.5 Å². The summed E-state index contributed by atoms with van der Waals surface area (Å²) in [5.41, 5.74) is 10.9. The van der Waals surface area contributed by atoms with Crippen molar-refractivity contribution in [2.45, 2.75) is 20.4 Å². The van der Waals surface area contributed by atoms with E-state index in [1.165, 1.54) is 5.56 Å². The van der Waals surface area contributed by atoms with Crippen LogP contribution in [0.2, 0.25) is 0 Å². The van der Waals surface area contributed by atoms with Crippen LogP contribution in [0.15, 0.2) is 18.3 Å². The summed E-state index contributed by atoms with van der Waals surface area (Å²) in [6.45, 7) is 4.70. The molecule has 0 saturated carbocycles. The zero-order valence-corrected chi connectivity index (χ0v) is 11.3. The maximum atomic E-state index is 5.99. The number of nitrogen functional groups attached to an aromatic ring is 1. The molecule has 3 aromatic rings. The zero-order valence-electron chi connectivity index (χ0n) is 11.3. The lowest BCUT2D eigenvalue weighted by Crippen LogP contribution is -2.07. The molecular weight excluding hydrogens is 240 g/mol. The molecule has 3 rings (SSSR count). The highest BCUT2D eigenvalue weighted by Crippen LogP contribution is 2.20. The molecule has 0 spiro atoms. The molecule has 6 nitrogen and oxygen atoms in total. The summed E-state index contributed by atoms with van der Waals surface area (Å²) in [6.07, 6.45) is 1.75. The number of aryl methyl sites for hydroxylation is 2. The van der Waals surface area contributed by atoms with Crippen LogP contribution < -0.4 is 5.73 Å². The van der Waals surface area contributed by atoms with Crippen molar-refractivity contribution in [2.24, 2.45) is 7.05 Å². The van der Waals surface area contributed by atoms with Crippen molar-refractivity contribution in [1.29, 1.82) is 0 Å². The largest absolute Gasteiger partial charge is 0.369 e. The smallest absolute Gasteiger partial charge is 0.202 e. The van der Waals surface area contributed by atoms with E-state index in [4.69, 9.17) is 5.73 Å². The van der Waals surface area contributed by atoms with E-state index < -0.39 is 0 Å². The summed E-state index contributed by atoms with van der Waals surface area (Å²) in [7, 11) is 1.94. The second-order valence-electron chi connectivity index (χ2n) is 4.68. The van der Waals surface area contributed by atoms with Crippen LogP contribution in [-0.2, 0) is 13.6 Å². The van der Waals surface area contributed by atoms with Gasteiger partial charge < -0.3 is 5.73 Å². The Labute approximate surface area is 110 Å². The lowest BCUT2D eigenvalue weighted by atomic mass is 10.2. The number of nitrogens with two attached hydrogens (primary N) is 1. The third-order valence-electron chi connectivity index (χ3n) is 3.51. The minimum atomic E-state index is 0.483. The Bertz CT molecular complexity index is 752. The highest BCUT2D eigenvalue weighted by molar-refractivity contribution is 5.73. The van der Waals surface area contributed by atoms with Crippen LogP contribution >= 0.6 is 0 Å². The Kier molecular flexibility index (Phi) is 2.51. The number of hydrogen-bond acceptors (Lipinski definition) is 4. The van der Waals surface area contributed by atoms with Gasteiger partial charge in [-0.15, -0.1) is 0 Å². The van der Waals surface area contributed by atoms with Gasteiger partial charge in [0.05, 0.1) is 12.2 Å². The topological polar surface area (TPSA) is 74.5 Å². The van der Waals surface area contributed by atoms with Crippen molar-refractivity contribution in [2.75, 3.05) is 5.73 Å². The number of hydrogen-bond donors (Lipinski definition) is 1. The summed E-state index contributed by atoms with van der Waals surface area (Å²) in [5.74, 6) is 0.483. The lowest BCUT2D eigenvalue weighted by Gasteiger charge is -2.06. The van der Waals surface area contributed by atoms with Crippen LogP contribution in [0, 0.1) is 13.8 Å². The predicted molar refractivity (Wildman–Crippen MR) is 73.7 cm³/mol. The Morgan fingerprint density at radius 3 is 2.79 bits per heavy atom. The zero-order chi connectivity index (χ0) is 13.6. The average molecular weight is 256 g/mol. The van der Waals surface area contributed by atoms with Gasteiger partial charge in [0.25, 0.3) is 0 Å². The number of rotatable bonds is 2. The van der Waals surface area contributed by atoms with Crippen LogP contribution in [0.25, 0.3) is 11.2 Å². The van der Waals surface area contributed by atoms with E-state index in [9.17, 15) is 0 Å². The molecule has 0 aromatic carbocycles. The number of aromatic nitrogens is 5. The molecule has 0 aliphatic rings. The summed E-state index contributed by atoms with van der Waals surface area (Å²) < 4.78 is 3.81. The molecule has 0 fully saturated rings. The standard InChI is InChI=1S/C13H16N6/c1-8-10(9(2)18(3)17-8)7-19-12-11(16-13(19)14)5-4-6-15-12/h4-6H,7H2,1-3H3,(H2,14,16). The minimum absolute atomic E-state index is 0.483. The highest BCUT2D eigenvalue weighted by Gasteiger charge is 2.14. The number of anilines is 1. The molecule has 3 aromatic heterocycles. The highest BCUT2D eigenvalue weighted by atomic mass is 15.3. The van der Waals surface area contributed by atoms with Crippen LogP contribution in [0.5, 0.6) is 0 Å². The maximum absolute atomic E-state index is 5.99. The molecule has 0 saturated heterocycles. The fourth-order valence-electron chi connectivity index (χ4n) is 2.34. The van der Waals surface area contributed by atoms with E-state index in [1.807, 2.05) is 35.4 Å². The molecule has 0 unspecified atom stereocenters. The van der Waals surface area contributed by atoms with Gasteiger partial charge in [-0.3, -0.25) is 9.25 Å². The third kappa shape index (κ3) is 1.76. The van der Waals surface area contributed by atoms with Gasteiger partial charge in [0.1, 0.15) is 5.52 Å². The van der Waals surface area contributed by atoms with E-state index in [1.54, 1.807) is 6.20 Å². The summed E-state index contributed by atoms with van der Waals surface area (Å²) in [6, 6.07) is 3.78. The number of pyridine rings is 1. The SMILES string of the molecule is Cc1nn(C)c(C)c1Cn1c(N)nc2cccnc21. The van der Waals surface area contributed by atoms with Gasteiger partial charge in [0.15, 0.2) is 5.65 Å². The maximum Gasteiger partial charge on any atom is 0.202 e. The number of fused-ring (bicyclic) bond motifs is 1. The van der Waals surface area contributed by atoms with E-state index in [2.05, 4.69) is 22.0 Å². The lowest BCUT2D eigenvalue weighted by molar-refractivity contribution is 0.728. The van der Waals surface area contributed by atoms with E-state index in [0.717, 1.165) is 22.6 Å². The second-order valence-corrected chi connectivity index (χ2v) is 4.68. The number of nitrogens with zero attached hydrogens (tertiary/aromatic N) is 5. The van der Waals surface area contributed by atoms with Gasteiger partial charge in [-0.1, -0.05) is 0 Å². The quantitative estimate of drug-likeness (QED) is 0.752. The van der Waals surface area contributed by atoms with Crippen LogP contribution in [-0.4, -0.2) is 24.3 Å². The van der Waals surface area contributed by atoms with Crippen molar-refractivity contribution in [3.8, 4) is 0 Å². The van der Waals surface area contributed by atoms with Gasteiger partial charge in [-0.05, 0) is 26.0 Å². The van der Waals surface area contributed by atoms with Crippen molar-refractivity contribution >= 4 is 17.1 Å². The van der Waals surface area contributed by atoms with Crippen molar-refractivity contribution in [3.05, 3.63) is 35.3 Å². The molecule has 0 aliphatic carbocycles. The molecular formula is C13H16N6. The Hall–Kier alpha value is -2.37. The normalized spacial score (nSPS) is 11.3. The molecule has 0 bridgehead atoms. The van der Waals surface area contributed by atoms with Crippen LogP contribution in [0.4, 0.5) is 5.95 Å². The van der Waals surface area contributed by atoms with Crippen molar-refractivity contribution in [3.63, 3.8) is 0 Å². The van der Waals surface area contributed by atoms with Gasteiger partial charge in [0.2, 0.25) is 5.95 Å². The summed E-state index contributed by atoms with van der Waals surface area (Å²) in [4.78, 5) is 8.68. The summed E-state index contributed by atoms with van der Waals surface area (Å²) >= 11 is 0. The van der Waals surface area contributed by atoms with Gasteiger partial charge in [0, 0.05) is 24.5 Å². The Morgan fingerprint density at radius 1 is 1.32 bits per heavy atom. The molecule has 0 atom stereocenters. The van der Waals surface area contributed by atoms with Gasteiger partial charge in [-0.2, -0.15) is 5.10 Å². The number of imidazole rings is 1. The molecule has 19 heavy (non-hydrogen) atoms. The first-order valence-electron chi connectivity index (χ1n) is 6.13. The summed E-state index contributed by atoms with van der Waals surface area (Å²) in [5, 5.41) is 4.42. The van der Waals surface area contributed by atoms with Crippen molar-refractivity contribution in [1.82, 2.24) is 24.3 Å². The predicted octanol–water partition coefficient (Wildman–Crippen LogP) is 1.41. The first-order chi connectivity index (χ1) is 9.08. The van der Waals surface area contributed by atoms with E-state index >= 15 is 0 Å². The minimum Gasteiger partial charge on any atom is -0.369 e. The molecule has 0 aliphatic heterocycles. The fourth-order valence-corrected chi connectivity index (χ4v) is 2.34.